The lowest BCUT2D eigenvalue weighted by molar-refractivity contribution is -0.115. The van der Waals surface area contributed by atoms with Gasteiger partial charge in [0.05, 0.1) is 13.7 Å². The molecule has 5 rings (SSSR count). The van der Waals surface area contributed by atoms with Crippen molar-refractivity contribution in [3.63, 3.8) is 0 Å². The van der Waals surface area contributed by atoms with Gasteiger partial charge in [0.15, 0.2) is 11.0 Å². The molecule has 0 bridgehead atoms. The molecule has 7 nitrogen and oxygen atoms in total. The molecule has 1 fully saturated rings. The maximum atomic E-state index is 13.6. The second-order valence-corrected chi connectivity index (χ2v) is 9.76. The summed E-state index contributed by atoms with van der Waals surface area (Å²) >= 11 is 1.41. The lowest BCUT2D eigenvalue weighted by Gasteiger charge is -2.19. The standard InChI is InChI=1S/C28H29N5O2S/c1-35-24-16-10-13-22(19-24)29-27(34)26(21-11-4-2-5-12-21)36-28-31-30-25(20-32-17-8-9-18-32)33(28)23-14-6-3-7-15-23/h2-7,10-16,19,26H,8-9,17-18,20H2,1H3,(H,29,34). The number of hydrogen-bond donors (Lipinski definition) is 1. The molecule has 1 aliphatic heterocycles. The van der Waals surface area contributed by atoms with E-state index < -0.39 is 5.25 Å². The van der Waals surface area contributed by atoms with Crippen LogP contribution < -0.4 is 10.1 Å². The van der Waals surface area contributed by atoms with E-state index in [4.69, 9.17) is 4.74 Å². The van der Waals surface area contributed by atoms with Gasteiger partial charge in [0, 0.05) is 17.4 Å². The van der Waals surface area contributed by atoms with E-state index in [9.17, 15) is 4.79 Å². The van der Waals surface area contributed by atoms with Gasteiger partial charge in [-0.3, -0.25) is 14.3 Å². The molecular formula is C28H29N5O2S. The van der Waals surface area contributed by atoms with Gasteiger partial charge in [0.2, 0.25) is 5.91 Å². The van der Waals surface area contributed by atoms with Gasteiger partial charge >= 0.3 is 0 Å². The minimum Gasteiger partial charge on any atom is -0.497 e. The Labute approximate surface area is 215 Å². The summed E-state index contributed by atoms with van der Waals surface area (Å²) in [5.74, 6) is 1.43. The van der Waals surface area contributed by atoms with Gasteiger partial charge in [-0.15, -0.1) is 10.2 Å². The van der Waals surface area contributed by atoms with E-state index in [2.05, 4.69) is 37.1 Å². The van der Waals surface area contributed by atoms with Crippen LogP contribution in [0, 0.1) is 0 Å². The molecule has 1 atom stereocenters. The van der Waals surface area contributed by atoms with Crippen molar-refractivity contribution in [2.75, 3.05) is 25.5 Å². The Balaban J connectivity index is 1.48. The van der Waals surface area contributed by atoms with E-state index >= 15 is 0 Å². The molecule has 184 valence electrons. The Morgan fingerprint density at radius 1 is 0.972 bits per heavy atom. The average molecular weight is 500 g/mol. The normalized spacial score (nSPS) is 14.5. The van der Waals surface area contributed by atoms with Crippen LogP contribution in [0.1, 0.15) is 29.5 Å². The number of benzene rings is 3. The molecule has 1 saturated heterocycles. The fraction of sp³-hybridized carbons (Fsp3) is 0.250. The van der Waals surface area contributed by atoms with Gasteiger partial charge in [0.25, 0.3) is 0 Å². The number of para-hydroxylation sites is 1. The fourth-order valence-corrected chi connectivity index (χ4v) is 5.45. The SMILES string of the molecule is COc1cccc(NC(=O)C(Sc2nnc(CN3CCCC3)n2-c2ccccc2)c2ccccc2)c1. The number of carbonyl (C=O) groups is 1. The van der Waals surface area contributed by atoms with E-state index in [0.717, 1.165) is 36.7 Å². The number of hydrogen-bond acceptors (Lipinski definition) is 6. The first-order valence-electron chi connectivity index (χ1n) is 12.1. The number of thioether (sulfide) groups is 1. The van der Waals surface area contributed by atoms with Crippen LogP contribution in [0.15, 0.2) is 90.1 Å². The van der Waals surface area contributed by atoms with E-state index in [0.29, 0.717) is 16.6 Å². The third kappa shape index (κ3) is 5.61. The number of amides is 1. The summed E-state index contributed by atoms with van der Waals surface area (Å²) in [6.45, 7) is 2.87. The Hall–Kier alpha value is -3.62. The second kappa shape index (κ2) is 11.4. The van der Waals surface area contributed by atoms with E-state index in [1.54, 1.807) is 7.11 Å². The van der Waals surface area contributed by atoms with Gasteiger partial charge in [-0.25, -0.2) is 0 Å². The number of rotatable bonds is 9. The molecule has 0 aliphatic carbocycles. The zero-order valence-electron chi connectivity index (χ0n) is 20.2. The highest BCUT2D eigenvalue weighted by atomic mass is 32.2. The second-order valence-electron chi connectivity index (χ2n) is 8.68. The molecule has 0 spiro atoms. The predicted molar refractivity (Wildman–Crippen MR) is 143 cm³/mol. The largest absolute Gasteiger partial charge is 0.497 e. The van der Waals surface area contributed by atoms with Crippen LogP contribution in [0.5, 0.6) is 5.75 Å². The number of methoxy groups -OCH3 is 1. The Bertz CT molecular complexity index is 1290. The smallest absolute Gasteiger partial charge is 0.242 e. The van der Waals surface area contributed by atoms with Gasteiger partial charge in [0.1, 0.15) is 11.0 Å². The third-order valence-corrected chi connectivity index (χ3v) is 7.38. The van der Waals surface area contributed by atoms with Crippen LogP contribution in [-0.4, -0.2) is 45.8 Å². The lowest BCUT2D eigenvalue weighted by atomic mass is 10.1. The molecule has 36 heavy (non-hydrogen) atoms. The van der Waals surface area contributed by atoms with E-state index in [1.165, 1.54) is 24.6 Å². The highest BCUT2D eigenvalue weighted by Gasteiger charge is 2.27. The van der Waals surface area contributed by atoms with Crippen LogP contribution in [-0.2, 0) is 11.3 Å². The third-order valence-electron chi connectivity index (χ3n) is 6.18. The molecule has 8 heteroatoms. The zero-order chi connectivity index (χ0) is 24.7. The molecule has 2 heterocycles. The molecule has 1 unspecified atom stereocenters. The molecule has 1 aromatic heterocycles. The molecule has 1 amide bonds. The van der Waals surface area contributed by atoms with Gasteiger partial charge in [-0.2, -0.15) is 0 Å². The molecule has 1 aliphatic rings. The number of carbonyl (C=O) groups excluding carboxylic acids is 1. The number of nitrogens with zero attached hydrogens (tertiary/aromatic N) is 4. The summed E-state index contributed by atoms with van der Waals surface area (Å²) in [6, 6.07) is 27.3. The van der Waals surface area contributed by atoms with Crippen molar-refractivity contribution < 1.29 is 9.53 Å². The summed E-state index contributed by atoms with van der Waals surface area (Å²) in [7, 11) is 1.61. The highest BCUT2D eigenvalue weighted by Crippen LogP contribution is 2.37. The number of nitrogens with one attached hydrogen (secondary N) is 1. The van der Waals surface area contributed by atoms with Crippen molar-refractivity contribution in [1.29, 1.82) is 0 Å². The number of likely N-dealkylation sites (tertiary alicyclic amines) is 1. The molecule has 4 aromatic rings. The quantitative estimate of drug-likeness (QED) is 0.313. The maximum Gasteiger partial charge on any atom is 0.242 e. The zero-order valence-corrected chi connectivity index (χ0v) is 21.0. The summed E-state index contributed by atoms with van der Waals surface area (Å²) in [4.78, 5) is 16.0. The molecular weight excluding hydrogens is 470 g/mol. The van der Waals surface area contributed by atoms with Crippen LogP contribution in [0.3, 0.4) is 0 Å². The maximum absolute atomic E-state index is 13.6. The number of anilines is 1. The van der Waals surface area contributed by atoms with Crippen LogP contribution >= 0.6 is 11.8 Å². The van der Waals surface area contributed by atoms with Gasteiger partial charge in [-0.05, 0) is 55.8 Å². The van der Waals surface area contributed by atoms with Crippen LogP contribution in [0.2, 0.25) is 0 Å². The van der Waals surface area contributed by atoms with E-state index in [-0.39, 0.29) is 5.91 Å². The molecule has 0 radical (unpaired) electrons. The Kier molecular flexibility index (Phi) is 7.64. The monoisotopic (exact) mass is 499 g/mol. The molecule has 0 saturated carbocycles. The highest BCUT2D eigenvalue weighted by molar-refractivity contribution is 8.00. The minimum atomic E-state index is -0.524. The van der Waals surface area contributed by atoms with Gasteiger partial charge in [-0.1, -0.05) is 66.4 Å². The van der Waals surface area contributed by atoms with Crippen molar-refractivity contribution in [3.8, 4) is 11.4 Å². The first-order chi connectivity index (χ1) is 17.7. The lowest BCUT2D eigenvalue weighted by Crippen LogP contribution is -2.21. The topological polar surface area (TPSA) is 72.3 Å². The van der Waals surface area contributed by atoms with Gasteiger partial charge < -0.3 is 10.1 Å². The Morgan fingerprint density at radius 2 is 1.69 bits per heavy atom. The first kappa shape index (κ1) is 24.1. The summed E-state index contributed by atoms with van der Waals surface area (Å²) in [5, 5.41) is 12.4. The Morgan fingerprint density at radius 3 is 2.42 bits per heavy atom. The van der Waals surface area contributed by atoms with Crippen molar-refractivity contribution in [2.24, 2.45) is 0 Å². The first-order valence-corrected chi connectivity index (χ1v) is 13.0. The van der Waals surface area contributed by atoms with E-state index in [1.807, 2.05) is 72.8 Å². The summed E-state index contributed by atoms with van der Waals surface area (Å²) in [5.41, 5.74) is 2.56. The van der Waals surface area contributed by atoms with Crippen molar-refractivity contribution >= 4 is 23.4 Å². The van der Waals surface area contributed by atoms with Crippen LogP contribution in [0.25, 0.3) is 5.69 Å². The van der Waals surface area contributed by atoms with Crippen molar-refractivity contribution in [3.05, 3.63) is 96.3 Å². The van der Waals surface area contributed by atoms with Crippen molar-refractivity contribution in [2.45, 2.75) is 29.8 Å². The number of ether oxygens (including phenoxy) is 1. The minimum absolute atomic E-state index is 0.136. The fourth-order valence-electron chi connectivity index (χ4n) is 4.37. The average Bonchev–Trinajstić information content (AvgIpc) is 3.58. The molecule has 3 aromatic carbocycles. The number of aromatic nitrogens is 3. The predicted octanol–water partition coefficient (Wildman–Crippen LogP) is 5.34. The summed E-state index contributed by atoms with van der Waals surface area (Å²) < 4.78 is 7.40. The summed E-state index contributed by atoms with van der Waals surface area (Å²) in [6.07, 6.45) is 2.42. The molecule has 1 N–H and O–H groups in total. The van der Waals surface area contributed by atoms with Crippen LogP contribution in [0.4, 0.5) is 5.69 Å². The van der Waals surface area contributed by atoms with Crippen molar-refractivity contribution in [1.82, 2.24) is 19.7 Å².